The molecule has 0 saturated carbocycles. The summed E-state index contributed by atoms with van der Waals surface area (Å²) in [6.45, 7) is 3.36. The van der Waals surface area contributed by atoms with Gasteiger partial charge in [0.2, 0.25) is 0 Å². The summed E-state index contributed by atoms with van der Waals surface area (Å²) in [7, 11) is 0. The topological polar surface area (TPSA) is 65.1 Å². The van der Waals surface area contributed by atoms with E-state index in [0.717, 1.165) is 10.9 Å². The Bertz CT molecular complexity index is 592. The lowest BCUT2D eigenvalue weighted by atomic mass is 10.1. The third-order valence-electron chi connectivity index (χ3n) is 2.81. The van der Waals surface area contributed by atoms with Gasteiger partial charge in [0.1, 0.15) is 11.5 Å². The zero-order valence-corrected chi connectivity index (χ0v) is 10.2. The molecule has 3 N–H and O–H groups in total. The molecule has 18 heavy (non-hydrogen) atoms. The third-order valence-corrected chi connectivity index (χ3v) is 2.81. The summed E-state index contributed by atoms with van der Waals surface area (Å²) in [5.74, 6) is -0.648. The predicted octanol–water partition coefficient (Wildman–Crippen LogP) is 1.73. The van der Waals surface area contributed by atoms with Gasteiger partial charge < -0.3 is 15.4 Å². The van der Waals surface area contributed by atoms with Crippen LogP contribution in [0.1, 0.15) is 23.0 Å². The molecule has 0 radical (unpaired) electrons. The molecule has 0 saturated heterocycles. The molecule has 4 nitrogen and oxygen atoms in total. The highest BCUT2D eigenvalue weighted by molar-refractivity contribution is 5.98. The number of amides is 1. The minimum atomic E-state index is -0.336. The molecule has 2 aromatic rings. The van der Waals surface area contributed by atoms with Gasteiger partial charge in [-0.05, 0) is 37.6 Å². The van der Waals surface area contributed by atoms with E-state index in [2.05, 4.69) is 10.3 Å². The van der Waals surface area contributed by atoms with Crippen LogP contribution in [0.3, 0.4) is 0 Å². The van der Waals surface area contributed by atoms with Crippen molar-refractivity contribution >= 4 is 16.8 Å². The van der Waals surface area contributed by atoms with Crippen molar-refractivity contribution in [2.75, 3.05) is 6.61 Å². The van der Waals surface area contributed by atoms with E-state index in [9.17, 15) is 9.18 Å². The molecule has 0 aliphatic rings. The van der Waals surface area contributed by atoms with Crippen molar-refractivity contribution < 1.29 is 14.3 Å². The number of halogens is 1. The highest BCUT2D eigenvalue weighted by Crippen LogP contribution is 2.21. The molecule has 1 unspecified atom stereocenters. The summed E-state index contributed by atoms with van der Waals surface area (Å²) in [4.78, 5) is 14.7. The van der Waals surface area contributed by atoms with Gasteiger partial charge in [-0.15, -0.1) is 0 Å². The summed E-state index contributed by atoms with van der Waals surface area (Å²) in [6.07, 6.45) is 0. The van der Waals surface area contributed by atoms with Gasteiger partial charge in [-0.25, -0.2) is 4.39 Å². The number of nitrogens with one attached hydrogen (secondary N) is 2. The van der Waals surface area contributed by atoms with Gasteiger partial charge in [-0.1, -0.05) is 0 Å². The van der Waals surface area contributed by atoms with E-state index >= 15 is 0 Å². The summed E-state index contributed by atoms with van der Waals surface area (Å²) in [5, 5.41) is 12.3. The van der Waals surface area contributed by atoms with Crippen LogP contribution >= 0.6 is 0 Å². The van der Waals surface area contributed by atoms with E-state index in [4.69, 9.17) is 5.11 Å². The minimum Gasteiger partial charge on any atom is -0.394 e. The van der Waals surface area contributed by atoms with Gasteiger partial charge in [-0.3, -0.25) is 4.79 Å². The van der Waals surface area contributed by atoms with Crippen molar-refractivity contribution in [1.82, 2.24) is 10.3 Å². The van der Waals surface area contributed by atoms with Gasteiger partial charge in [0.25, 0.3) is 5.91 Å². The number of aryl methyl sites for hydroxylation is 1. The van der Waals surface area contributed by atoms with Crippen LogP contribution in [0.25, 0.3) is 10.9 Å². The Hall–Kier alpha value is -1.88. The van der Waals surface area contributed by atoms with E-state index in [-0.39, 0.29) is 24.4 Å². The Kier molecular flexibility index (Phi) is 3.34. The number of carbonyl (C=O) groups excluding carboxylic acids is 1. The van der Waals surface area contributed by atoms with Gasteiger partial charge in [0.15, 0.2) is 0 Å². The molecule has 5 heteroatoms. The van der Waals surface area contributed by atoms with Crippen LogP contribution in [0.4, 0.5) is 4.39 Å². The molecule has 1 aromatic heterocycles. The van der Waals surface area contributed by atoms with Gasteiger partial charge >= 0.3 is 0 Å². The first-order valence-electron chi connectivity index (χ1n) is 5.72. The van der Waals surface area contributed by atoms with Crippen molar-refractivity contribution in [3.8, 4) is 0 Å². The Morgan fingerprint density at radius 1 is 1.50 bits per heavy atom. The molecule has 2 rings (SSSR count). The predicted molar refractivity (Wildman–Crippen MR) is 67.0 cm³/mol. The lowest BCUT2D eigenvalue weighted by molar-refractivity contribution is 0.0918. The number of carbonyl (C=O) groups is 1. The van der Waals surface area contributed by atoms with Crippen molar-refractivity contribution in [1.29, 1.82) is 0 Å². The van der Waals surface area contributed by atoms with Crippen LogP contribution in [-0.4, -0.2) is 28.6 Å². The van der Waals surface area contributed by atoms with Crippen LogP contribution < -0.4 is 5.32 Å². The molecule has 0 aliphatic carbocycles. The maximum atomic E-state index is 13.2. The molecule has 0 bridgehead atoms. The lowest BCUT2D eigenvalue weighted by Gasteiger charge is -2.08. The van der Waals surface area contributed by atoms with Gasteiger partial charge in [-0.2, -0.15) is 0 Å². The zero-order valence-electron chi connectivity index (χ0n) is 10.2. The first-order chi connectivity index (χ1) is 8.51. The molecule has 1 aromatic carbocycles. The fourth-order valence-corrected chi connectivity index (χ4v) is 1.84. The number of rotatable bonds is 3. The Balaban J connectivity index is 2.35. The Morgan fingerprint density at radius 3 is 2.89 bits per heavy atom. The largest absolute Gasteiger partial charge is 0.394 e. The second-order valence-corrected chi connectivity index (χ2v) is 4.42. The first kappa shape index (κ1) is 12.6. The zero-order chi connectivity index (χ0) is 13.3. The van der Waals surface area contributed by atoms with Crippen LogP contribution in [0.5, 0.6) is 0 Å². The van der Waals surface area contributed by atoms with E-state index in [1.165, 1.54) is 12.1 Å². The van der Waals surface area contributed by atoms with E-state index in [0.29, 0.717) is 11.2 Å². The Morgan fingerprint density at radius 2 is 2.22 bits per heavy atom. The molecular weight excluding hydrogens is 235 g/mol. The van der Waals surface area contributed by atoms with Crippen LogP contribution in [0.2, 0.25) is 0 Å². The molecule has 0 fully saturated rings. The number of hydrogen-bond donors (Lipinski definition) is 3. The SMILES string of the molecule is Cc1cc(F)cc2[nH]c(C(=O)NC(C)CO)cc12. The summed E-state index contributed by atoms with van der Waals surface area (Å²) < 4.78 is 13.2. The highest BCUT2D eigenvalue weighted by atomic mass is 19.1. The molecule has 1 atom stereocenters. The lowest BCUT2D eigenvalue weighted by Crippen LogP contribution is -2.35. The summed E-state index contributed by atoms with van der Waals surface area (Å²) in [6, 6.07) is 4.15. The molecule has 0 aliphatic heterocycles. The molecule has 96 valence electrons. The number of aromatic amines is 1. The number of aliphatic hydroxyl groups excluding tert-OH is 1. The average molecular weight is 250 g/mol. The maximum absolute atomic E-state index is 13.2. The second-order valence-electron chi connectivity index (χ2n) is 4.42. The molecule has 0 spiro atoms. The van der Waals surface area contributed by atoms with Gasteiger partial charge in [0.05, 0.1) is 6.61 Å². The quantitative estimate of drug-likeness (QED) is 0.776. The summed E-state index contributed by atoms with van der Waals surface area (Å²) in [5.41, 5.74) is 1.73. The van der Waals surface area contributed by atoms with Crippen molar-refractivity contribution in [3.63, 3.8) is 0 Å². The second kappa shape index (κ2) is 4.78. The van der Waals surface area contributed by atoms with Crippen LogP contribution in [0.15, 0.2) is 18.2 Å². The fraction of sp³-hybridized carbons (Fsp3) is 0.308. The third kappa shape index (κ3) is 2.36. The number of aliphatic hydroxyl groups is 1. The number of aromatic nitrogens is 1. The Labute approximate surface area is 104 Å². The van der Waals surface area contributed by atoms with Crippen molar-refractivity contribution in [2.45, 2.75) is 19.9 Å². The fourth-order valence-electron chi connectivity index (χ4n) is 1.84. The normalized spacial score (nSPS) is 12.7. The smallest absolute Gasteiger partial charge is 0.268 e. The number of hydrogen-bond acceptors (Lipinski definition) is 2. The monoisotopic (exact) mass is 250 g/mol. The van der Waals surface area contributed by atoms with Crippen LogP contribution in [-0.2, 0) is 0 Å². The molecule has 1 amide bonds. The van der Waals surface area contributed by atoms with Gasteiger partial charge in [0, 0.05) is 16.9 Å². The van der Waals surface area contributed by atoms with E-state index in [1.54, 1.807) is 19.9 Å². The maximum Gasteiger partial charge on any atom is 0.268 e. The number of H-pyrrole nitrogens is 1. The minimum absolute atomic E-state index is 0.125. The molecule has 1 heterocycles. The standard InChI is InChI=1S/C13H15FN2O2/c1-7-3-9(14)4-11-10(7)5-12(16-11)13(18)15-8(2)6-17/h3-5,8,16-17H,6H2,1-2H3,(H,15,18). The number of benzene rings is 1. The van der Waals surface area contributed by atoms with Crippen molar-refractivity contribution in [2.24, 2.45) is 0 Å². The molecular formula is C13H15FN2O2. The van der Waals surface area contributed by atoms with E-state index in [1.807, 2.05) is 0 Å². The number of fused-ring (bicyclic) bond motifs is 1. The summed E-state index contributed by atoms with van der Waals surface area (Å²) >= 11 is 0. The van der Waals surface area contributed by atoms with Crippen LogP contribution in [0, 0.1) is 12.7 Å². The highest BCUT2D eigenvalue weighted by Gasteiger charge is 2.13. The van der Waals surface area contributed by atoms with E-state index < -0.39 is 0 Å². The first-order valence-corrected chi connectivity index (χ1v) is 5.72. The average Bonchev–Trinajstić information content (AvgIpc) is 2.72. The van der Waals surface area contributed by atoms with Crippen molar-refractivity contribution in [3.05, 3.63) is 35.3 Å².